The standard InChI is InChI=1S/C20H31N3O/c1-15(2)11-23(18-8-9-18)20(24)14-22-12-17(10-21)19(13-22)16-6-4-3-5-7-16/h3-7,15,17-19H,8-14,21H2,1-2H3/t17-,19+/m1/s1. The van der Waals surface area contributed by atoms with Crippen LogP contribution < -0.4 is 5.73 Å². The number of nitrogens with two attached hydrogens (primary N) is 1. The van der Waals surface area contributed by atoms with Gasteiger partial charge in [0.15, 0.2) is 0 Å². The van der Waals surface area contributed by atoms with Crippen molar-refractivity contribution in [3.63, 3.8) is 0 Å². The molecule has 132 valence electrons. The normalized spacial score (nSPS) is 24.5. The zero-order valence-corrected chi connectivity index (χ0v) is 15.0. The van der Waals surface area contributed by atoms with Crippen molar-refractivity contribution in [1.82, 2.24) is 9.80 Å². The minimum absolute atomic E-state index is 0.302. The summed E-state index contributed by atoms with van der Waals surface area (Å²) in [5.74, 6) is 1.72. The van der Waals surface area contributed by atoms with E-state index in [4.69, 9.17) is 5.73 Å². The van der Waals surface area contributed by atoms with Gasteiger partial charge in [0.2, 0.25) is 5.91 Å². The van der Waals surface area contributed by atoms with Gasteiger partial charge >= 0.3 is 0 Å². The predicted octanol–water partition coefficient (Wildman–Crippen LogP) is 2.31. The second kappa shape index (κ2) is 7.66. The van der Waals surface area contributed by atoms with Crippen LogP contribution in [0.3, 0.4) is 0 Å². The molecule has 3 rings (SSSR count). The van der Waals surface area contributed by atoms with Gasteiger partial charge in [-0.3, -0.25) is 9.69 Å². The van der Waals surface area contributed by atoms with E-state index >= 15 is 0 Å². The summed E-state index contributed by atoms with van der Waals surface area (Å²) in [6, 6.07) is 11.1. The fraction of sp³-hybridized carbons (Fsp3) is 0.650. The predicted molar refractivity (Wildman–Crippen MR) is 97.7 cm³/mol. The Morgan fingerprint density at radius 2 is 1.96 bits per heavy atom. The van der Waals surface area contributed by atoms with Crippen LogP contribution in [0.1, 0.15) is 38.2 Å². The molecule has 1 aromatic carbocycles. The maximum atomic E-state index is 12.8. The molecule has 1 amide bonds. The number of hydrogen-bond acceptors (Lipinski definition) is 3. The van der Waals surface area contributed by atoms with E-state index < -0.39 is 0 Å². The van der Waals surface area contributed by atoms with E-state index in [1.54, 1.807) is 0 Å². The van der Waals surface area contributed by atoms with Crippen LogP contribution >= 0.6 is 0 Å². The lowest BCUT2D eigenvalue weighted by molar-refractivity contribution is -0.133. The molecule has 0 aromatic heterocycles. The fourth-order valence-corrected chi connectivity index (χ4v) is 3.92. The molecule has 1 heterocycles. The fourth-order valence-electron chi connectivity index (χ4n) is 3.92. The molecule has 2 atom stereocenters. The van der Waals surface area contributed by atoms with Crippen molar-refractivity contribution < 1.29 is 4.79 Å². The summed E-state index contributed by atoms with van der Waals surface area (Å²) in [6.45, 7) is 8.37. The van der Waals surface area contributed by atoms with Crippen molar-refractivity contribution in [2.24, 2.45) is 17.6 Å². The average Bonchev–Trinajstić information content (AvgIpc) is 3.33. The summed E-state index contributed by atoms with van der Waals surface area (Å²) in [4.78, 5) is 17.2. The van der Waals surface area contributed by atoms with Gasteiger partial charge in [-0.05, 0) is 36.8 Å². The number of likely N-dealkylation sites (tertiary alicyclic amines) is 1. The minimum Gasteiger partial charge on any atom is -0.338 e. The van der Waals surface area contributed by atoms with Crippen LogP contribution in [0.25, 0.3) is 0 Å². The highest BCUT2D eigenvalue weighted by Gasteiger charge is 2.37. The van der Waals surface area contributed by atoms with Gasteiger partial charge in [0.1, 0.15) is 0 Å². The average molecular weight is 329 g/mol. The van der Waals surface area contributed by atoms with Crippen LogP contribution in [0.2, 0.25) is 0 Å². The van der Waals surface area contributed by atoms with Crippen molar-refractivity contribution in [1.29, 1.82) is 0 Å². The topological polar surface area (TPSA) is 49.6 Å². The Balaban J connectivity index is 1.62. The van der Waals surface area contributed by atoms with Crippen LogP contribution in [0, 0.1) is 11.8 Å². The van der Waals surface area contributed by atoms with Crippen LogP contribution in [0.15, 0.2) is 30.3 Å². The second-order valence-corrected chi connectivity index (χ2v) is 7.88. The van der Waals surface area contributed by atoms with E-state index in [9.17, 15) is 4.79 Å². The molecular formula is C20H31N3O. The third-order valence-electron chi connectivity index (χ3n) is 5.28. The first-order chi connectivity index (χ1) is 11.6. The van der Waals surface area contributed by atoms with Gasteiger partial charge in [-0.1, -0.05) is 44.2 Å². The number of rotatable bonds is 7. The maximum Gasteiger partial charge on any atom is 0.237 e. The quantitative estimate of drug-likeness (QED) is 0.835. The molecule has 2 N–H and O–H groups in total. The largest absolute Gasteiger partial charge is 0.338 e. The van der Waals surface area contributed by atoms with Crippen molar-refractivity contribution in [3.05, 3.63) is 35.9 Å². The van der Waals surface area contributed by atoms with Crippen LogP contribution in [-0.4, -0.2) is 54.5 Å². The van der Waals surface area contributed by atoms with Crippen molar-refractivity contribution in [2.75, 3.05) is 32.7 Å². The van der Waals surface area contributed by atoms with Gasteiger partial charge in [0, 0.05) is 31.6 Å². The summed E-state index contributed by atoms with van der Waals surface area (Å²) in [7, 11) is 0. The first-order valence-electron chi connectivity index (χ1n) is 9.35. The first kappa shape index (κ1) is 17.4. The van der Waals surface area contributed by atoms with Gasteiger partial charge in [-0.2, -0.15) is 0 Å². The zero-order valence-electron chi connectivity index (χ0n) is 15.0. The van der Waals surface area contributed by atoms with Crippen LogP contribution in [0.5, 0.6) is 0 Å². The highest BCUT2D eigenvalue weighted by atomic mass is 16.2. The Morgan fingerprint density at radius 3 is 2.54 bits per heavy atom. The Bertz CT molecular complexity index is 541. The number of nitrogens with zero attached hydrogens (tertiary/aromatic N) is 2. The summed E-state index contributed by atoms with van der Waals surface area (Å²) < 4.78 is 0. The lowest BCUT2D eigenvalue weighted by atomic mass is 9.89. The van der Waals surface area contributed by atoms with E-state index in [-0.39, 0.29) is 0 Å². The monoisotopic (exact) mass is 329 g/mol. The Morgan fingerprint density at radius 1 is 1.25 bits per heavy atom. The number of amides is 1. The number of hydrogen-bond donors (Lipinski definition) is 1. The summed E-state index contributed by atoms with van der Waals surface area (Å²) in [5, 5.41) is 0. The first-order valence-corrected chi connectivity index (χ1v) is 9.35. The lowest BCUT2D eigenvalue weighted by Gasteiger charge is -2.27. The molecule has 24 heavy (non-hydrogen) atoms. The van der Waals surface area contributed by atoms with Crippen molar-refractivity contribution in [2.45, 2.75) is 38.6 Å². The molecule has 2 fully saturated rings. The van der Waals surface area contributed by atoms with Crippen LogP contribution in [0.4, 0.5) is 0 Å². The van der Waals surface area contributed by atoms with E-state index in [0.29, 0.717) is 42.8 Å². The number of carbonyl (C=O) groups is 1. The number of carbonyl (C=O) groups excluding carboxylic acids is 1. The van der Waals surface area contributed by atoms with Crippen molar-refractivity contribution in [3.8, 4) is 0 Å². The van der Waals surface area contributed by atoms with Gasteiger partial charge in [-0.25, -0.2) is 0 Å². The van der Waals surface area contributed by atoms with E-state index in [2.05, 4.69) is 54.0 Å². The van der Waals surface area contributed by atoms with E-state index in [1.807, 2.05) is 0 Å². The molecule has 0 unspecified atom stereocenters. The Kier molecular flexibility index (Phi) is 5.57. The molecule has 1 saturated heterocycles. The molecule has 0 radical (unpaired) electrons. The molecule has 1 saturated carbocycles. The molecule has 4 heteroatoms. The van der Waals surface area contributed by atoms with E-state index in [0.717, 1.165) is 19.6 Å². The molecule has 1 aromatic rings. The van der Waals surface area contributed by atoms with Gasteiger partial charge in [0.25, 0.3) is 0 Å². The summed E-state index contributed by atoms with van der Waals surface area (Å²) in [5.41, 5.74) is 7.37. The minimum atomic E-state index is 0.302. The molecular weight excluding hydrogens is 298 g/mol. The third kappa shape index (κ3) is 4.17. The SMILES string of the molecule is CC(C)CN(C(=O)CN1C[C@@H](CN)[C@H](c2ccccc2)C1)C1CC1. The van der Waals surface area contributed by atoms with E-state index in [1.165, 1.54) is 18.4 Å². The second-order valence-electron chi connectivity index (χ2n) is 7.88. The molecule has 0 bridgehead atoms. The smallest absolute Gasteiger partial charge is 0.237 e. The molecule has 0 spiro atoms. The van der Waals surface area contributed by atoms with Gasteiger partial charge in [-0.15, -0.1) is 0 Å². The summed E-state index contributed by atoms with van der Waals surface area (Å²) >= 11 is 0. The lowest BCUT2D eigenvalue weighted by Crippen LogP contribution is -2.42. The highest BCUT2D eigenvalue weighted by molar-refractivity contribution is 5.79. The zero-order chi connectivity index (χ0) is 17.1. The van der Waals surface area contributed by atoms with Crippen molar-refractivity contribution >= 4 is 5.91 Å². The van der Waals surface area contributed by atoms with Gasteiger partial charge < -0.3 is 10.6 Å². The Labute approximate surface area is 146 Å². The summed E-state index contributed by atoms with van der Waals surface area (Å²) in [6.07, 6.45) is 2.35. The molecule has 4 nitrogen and oxygen atoms in total. The highest BCUT2D eigenvalue weighted by Crippen LogP contribution is 2.33. The maximum absolute atomic E-state index is 12.8. The molecule has 2 aliphatic rings. The third-order valence-corrected chi connectivity index (χ3v) is 5.28. The molecule has 1 aliphatic carbocycles. The van der Waals surface area contributed by atoms with Crippen LogP contribution in [-0.2, 0) is 4.79 Å². The van der Waals surface area contributed by atoms with Gasteiger partial charge in [0.05, 0.1) is 6.54 Å². The Hall–Kier alpha value is -1.39. The molecule has 1 aliphatic heterocycles. The number of benzene rings is 1.